The van der Waals surface area contributed by atoms with Crippen LogP contribution in [0.2, 0.25) is 0 Å². The van der Waals surface area contributed by atoms with Crippen molar-refractivity contribution in [2.75, 3.05) is 0 Å². The minimum atomic E-state index is -0.564. The number of nitrogens with one attached hydrogen (secondary N) is 3. The van der Waals surface area contributed by atoms with Gasteiger partial charge in [-0.2, -0.15) is 0 Å². The molecular formula is C28H28N6O4. The molecule has 0 amide bonds. The summed E-state index contributed by atoms with van der Waals surface area (Å²) in [6.07, 6.45) is 9.41. The van der Waals surface area contributed by atoms with E-state index in [4.69, 9.17) is 0 Å². The molecule has 4 fully saturated rings. The van der Waals surface area contributed by atoms with Gasteiger partial charge in [0.1, 0.15) is 5.69 Å². The molecule has 4 aliphatic carbocycles. The Kier molecular flexibility index (Phi) is 4.92. The van der Waals surface area contributed by atoms with E-state index >= 15 is 0 Å². The van der Waals surface area contributed by atoms with Crippen LogP contribution in [0.3, 0.4) is 0 Å². The second kappa shape index (κ2) is 8.14. The van der Waals surface area contributed by atoms with E-state index < -0.39 is 10.6 Å². The van der Waals surface area contributed by atoms with Crippen molar-refractivity contribution in [1.29, 1.82) is 0 Å². The average molecular weight is 513 g/mol. The van der Waals surface area contributed by atoms with Gasteiger partial charge < -0.3 is 9.97 Å². The number of H-pyrrole nitrogens is 3. The number of nitro benzene ring substituents is 1. The molecule has 194 valence electrons. The number of hydrogen-bond donors (Lipinski definition) is 3. The number of aromatic nitrogens is 4. The van der Waals surface area contributed by atoms with Gasteiger partial charge in [-0.15, -0.1) is 0 Å². The predicted molar refractivity (Wildman–Crippen MR) is 144 cm³/mol. The van der Waals surface area contributed by atoms with Crippen LogP contribution in [0.4, 0.5) is 11.4 Å². The first-order valence-corrected chi connectivity index (χ1v) is 13.1. The van der Waals surface area contributed by atoms with Gasteiger partial charge in [0.2, 0.25) is 0 Å². The maximum absolute atomic E-state index is 13.3. The molecule has 3 N–H and O–H groups in total. The number of benzene rings is 2. The second-order valence-electron chi connectivity index (χ2n) is 11.5. The van der Waals surface area contributed by atoms with Crippen molar-refractivity contribution >= 4 is 28.6 Å². The molecule has 0 unspecified atom stereocenters. The minimum absolute atomic E-state index is 0.0456. The summed E-state index contributed by atoms with van der Waals surface area (Å²) in [5, 5.41) is 14.7. The number of imidazole rings is 1. The maximum atomic E-state index is 13.3. The Hall–Kier alpha value is -4.21. The third-order valence-electron chi connectivity index (χ3n) is 9.03. The molecule has 8 rings (SSSR count). The number of rotatable bonds is 5. The molecular weight excluding hydrogens is 484 g/mol. The SMILES string of the molecule is Cc1[nH]n(-c2ccc(C34CC5CC(CC(C5)C3)C4)cc2)c(=O)c1C=Nc1cc2[nH]c(=O)[nH]c2cc1[N+](=O)[O-]. The summed E-state index contributed by atoms with van der Waals surface area (Å²) in [4.78, 5) is 45.3. The molecule has 2 aromatic carbocycles. The van der Waals surface area contributed by atoms with Gasteiger partial charge in [-0.1, -0.05) is 12.1 Å². The molecule has 4 aliphatic rings. The zero-order valence-corrected chi connectivity index (χ0v) is 21.0. The summed E-state index contributed by atoms with van der Waals surface area (Å²) < 4.78 is 1.49. The summed E-state index contributed by atoms with van der Waals surface area (Å²) in [7, 11) is 0. The molecule has 4 saturated carbocycles. The highest BCUT2D eigenvalue weighted by Gasteiger charge is 2.51. The van der Waals surface area contributed by atoms with Crippen LogP contribution in [0.15, 0.2) is 51.0 Å². The van der Waals surface area contributed by atoms with E-state index in [1.54, 1.807) is 6.92 Å². The van der Waals surface area contributed by atoms with E-state index in [2.05, 4.69) is 32.2 Å². The fourth-order valence-electron chi connectivity index (χ4n) is 7.76. The van der Waals surface area contributed by atoms with E-state index in [1.807, 2.05) is 12.1 Å². The molecule has 0 atom stereocenters. The maximum Gasteiger partial charge on any atom is 0.323 e. The molecule has 0 aliphatic heterocycles. The highest BCUT2D eigenvalue weighted by molar-refractivity contribution is 5.88. The normalized spacial score (nSPS) is 26.1. The van der Waals surface area contributed by atoms with Crippen LogP contribution in [0, 0.1) is 34.8 Å². The Labute approximate surface area is 216 Å². The van der Waals surface area contributed by atoms with Crippen molar-refractivity contribution in [2.45, 2.75) is 50.9 Å². The number of aryl methyl sites for hydroxylation is 1. The van der Waals surface area contributed by atoms with Gasteiger partial charge in [-0.3, -0.25) is 20.0 Å². The summed E-state index contributed by atoms with van der Waals surface area (Å²) >= 11 is 0. The van der Waals surface area contributed by atoms with Crippen molar-refractivity contribution < 1.29 is 4.92 Å². The number of hydrogen-bond acceptors (Lipinski definition) is 5. The van der Waals surface area contributed by atoms with Crippen LogP contribution in [-0.4, -0.2) is 30.9 Å². The lowest BCUT2D eigenvalue weighted by Gasteiger charge is -2.57. The molecule has 10 nitrogen and oxygen atoms in total. The van der Waals surface area contributed by atoms with Crippen LogP contribution in [0.1, 0.15) is 55.3 Å². The smallest absolute Gasteiger partial charge is 0.306 e. The Morgan fingerprint density at radius 2 is 1.61 bits per heavy atom. The number of aromatic amines is 3. The van der Waals surface area contributed by atoms with E-state index in [9.17, 15) is 19.7 Å². The number of aliphatic imine (C=N–C) groups is 1. The fraction of sp³-hybridized carbons (Fsp3) is 0.393. The van der Waals surface area contributed by atoms with Gasteiger partial charge in [0.25, 0.3) is 11.2 Å². The molecule has 0 spiro atoms. The van der Waals surface area contributed by atoms with Crippen LogP contribution < -0.4 is 11.2 Å². The number of fused-ring (bicyclic) bond motifs is 1. The molecule has 4 bridgehead atoms. The Balaban J connectivity index is 1.20. The first-order valence-electron chi connectivity index (χ1n) is 13.1. The highest BCUT2D eigenvalue weighted by atomic mass is 16.6. The van der Waals surface area contributed by atoms with Crippen LogP contribution >= 0.6 is 0 Å². The molecule has 10 heteroatoms. The van der Waals surface area contributed by atoms with E-state index in [0.717, 1.165) is 23.4 Å². The van der Waals surface area contributed by atoms with Crippen LogP contribution in [-0.2, 0) is 5.41 Å². The topological polar surface area (TPSA) is 142 Å². The van der Waals surface area contributed by atoms with E-state index in [0.29, 0.717) is 27.7 Å². The lowest BCUT2D eigenvalue weighted by molar-refractivity contribution is -0.383. The van der Waals surface area contributed by atoms with E-state index in [1.165, 1.54) is 67.1 Å². The van der Waals surface area contributed by atoms with Crippen LogP contribution in [0.5, 0.6) is 0 Å². The lowest BCUT2D eigenvalue weighted by atomic mass is 9.48. The summed E-state index contributed by atoms with van der Waals surface area (Å²) in [6, 6.07) is 11.1. The second-order valence-corrected chi connectivity index (χ2v) is 11.5. The quantitative estimate of drug-likeness (QED) is 0.201. The van der Waals surface area contributed by atoms with Crippen molar-refractivity contribution in [3.05, 3.63) is 84.2 Å². The summed E-state index contributed by atoms with van der Waals surface area (Å²) in [5.74, 6) is 2.60. The van der Waals surface area contributed by atoms with Gasteiger partial charge in [0, 0.05) is 18.0 Å². The molecule has 2 aromatic heterocycles. The summed E-state index contributed by atoms with van der Waals surface area (Å²) in [5.41, 5.74) is 3.08. The minimum Gasteiger partial charge on any atom is -0.306 e. The molecule has 2 heterocycles. The summed E-state index contributed by atoms with van der Waals surface area (Å²) in [6.45, 7) is 1.77. The van der Waals surface area contributed by atoms with Crippen molar-refractivity contribution in [1.82, 2.24) is 19.7 Å². The monoisotopic (exact) mass is 512 g/mol. The van der Waals surface area contributed by atoms with Gasteiger partial charge in [0.15, 0.2) is 0 Å². The van der Waals surface area contributed by atoms with E-state index in [-0.39, 0.29) is 16.9 Å². The fourth-order valence-corrected chi connectivity index (χ4v) is 7.76. The van der Waals surface area contributed by atoms with Gasteiger partial charge in [-0.05, 0) is 92.4 Å². The van der Waals surface area contributed by atoms with Gasteiger partial charge in [0.05, 0.1) is 27.2 Å². The number of nitrogens with zero attached hydrogens (tertiary/aromatic N) is 3. The molecule has 0 saturated heterocycles. The van der Waals surface area contributed by atoms with Gasteiger partial charge in [-0.25, -0.2) is 14.5 Å². The van der Waals surface area contributed by atoms with Crippen molar-refractivity contribution in [3.8, 4) is 5.69 Å². The molecule has 4 aromatic rings. The van der Waals surface area contributed by atoms with Crippen LogP contribution in [0.25, 0.3) is 16.7 Å². The lowest BCUT2D eigenvalue weighted by Crippen LogP contribution is -2.48. The number of nitro groups is 1. The Morgan fingerprint density at radius 1 is 1.00 bits per heavy atom. The molecule has 0 radical (unpaired) electrons. The Morgan fingerprint density at radius 3 is 2.21 bits per heavy atom. The average Bonchev–Trinajstić information content (AvgIpc) is 3.38. The third kappa shape index (κ3) is 3.58. The highest BCUT2D eigenvalue weighted by Crippen LogP contribution is 2.60. The third-order valence-corrected chi connectivity index (χ3v) is 9.03. The standard InChI is InChI=1S/C28H28N6O4/c1-15-21(14-29-24-9-22-23(31-27(36)30-22)10-25(24)34(37)38)26(35)33(32-15)20-4-2-19(3-5-20)28-11-16-6-17(12-28)8-18(7-16)13-28/h2-5,9-10,14,16-18,32H,6-8,11-13H2,1H3,(H2,30,31,36). The first-order chi connectivity index (χ1) is 18.3. The molecule has 38 heavy (non-hydrogen) atoms. The predicted octanol–water partition coefficient (Wildman–Crippen LogP) is 4.77. The Bertz CT molecular complexity index is 1700. The first kappa shape index (κ1) is 22.9. The van der Waals surface area contributed by atoms with Crippen molar-refractivity contribution in [2.24, 2.45) is 22.7 Å². The van der Waals surface area contributed by atoms with Crippen molar-refractivity contribution in [3.63, 3.8) is 0 Å². The zero-order chi connectivity index (χ0) is 26.2. The largest absolute Gasteiger partial charge is 0.323 e. The zero-order valence-electron chi connectivity index (χ0n) is 21.0. The van der Waals surface area contributed by atoms with Gasteiger partial charge >= 0.3 is 5.69 Å².